The molecule has 0 spiro atoms. The number of aromatic nitrogens is 3. The molecule has 10 heteroatoms. The Kier molecular flexibility index (Phi) is 6.04. The van der Waals surface area contributed by atoms with Gasteiger partial charge in [-0.25, -0.2) is 0 Å². The van der Waals surface area contributed by atoms with Crippen LogP contribution in [0.2, 0.25) is 0 Å². The molecule has 1 aliphatic heterocycles. The summed E-state index contributed by atoms with van der Waals surface area (Å²) >= 11 is 0. The van der Waals surface area contributed by atoms with E-state index in [0.29, 0.717) is 61.0 Å². The highest BCUT2D eigenvalue weighted by Crippen LogP contribution is 2.25. The predicted octanol–water partition coefficient (Wildman–Crippen LogP) is 1.15. The summed E-state index contributed by atoms with van der Waals surface area (Å²) in [5.74, 6) is -0.0624. The number of nitrogens with zero attached hydrogens (tertiary/aromatic N) is 5. The molecule has 1 amide bonds. The van der Waals surface area contributed by atoms with Gasteiger partial charge in [-0.2, -0.15) is 0 Å². The molecule has 1 fully saturated rings. The van der Waals surface area contributed by atoms with Crippen molar-refractivity contribution < 1.29 is 24.1 Å². The van der Waals surface area contributed by atoms with Crippen molar-refractivity contribution in [3.63, 3.8) is 0 Å². The Balaban J connectivity index is 1.18. The number of ketones is 2. The van der Waals surface area contributed by atoms with E-state index in [1.807, 2.05) is 4.90 Å². The molecular formula is C25H25N5O5. The molecule has 0 bridgehead atoms. The molecule has 0 unspecified atom stereocenters. The van der Waals surface area contributed by atoms with Crippen molar-refractivity contribution in [2.75, 3.05) is 39.8 Å². The highest BCUT2D eigenvalue weighted by atomic mass is 16.5. The summed E-state index contributed by atoms with van der Waals surface area (Å²) in [5.41, 5.74) is 1.17. The molecule has 0 atom stereocenters. The van der Waals surface area contributed by atoms with Crippen molar-refractivity contribution in [1.82, 2.24) is 19.6 Å². The standard InChI is InChI=1S/C25H25N5O5/c1-35-18-9-7-17(8-10-18)25(33)28-15-13-27(14-16-28)11-4-12-29-22-21(26-30(29)34)23(31)19-5-2-3-6-20(19)24(22)32/h2-3,5-10H,4,11-16H2,1H3. The molecule has 2 heterocycles. The fraction of sp³-hybridized carbons (Fsp3) is 0.320. The van der Waals surface area contributed by atoms with Gasteiger partial charge in [0.25, 0.3) is 5.91 Å². The van der Waals surface area contributed by atoms with E-state index in [-0.39, 0.29) is 35.2 Å². The van der Waals surface area contributed by atoms with Gasteiger partial charge in [-0.05, 0) is 30.7 Å². The first-order valence-corrected chi connectivity index (χ1v) is 11.5. The van der Waals surface area contributed by atoms with Crippen LogP contribution in [0, 0.1) is 5.21 Å². The molecule has 1 aromatic heterocycles. The minimum absolute atomic E-state index is 0.00629. The second-order valence-electron chi connectivity index (χ2n) is 8.59. The SMILES string of the molecule is COc1ccc(C(=O)N2CCN(CCCn3c4c(n[n+]3[O-])C(=O)c3ccccc3C4=O)CC2)cc1. The fourth-order valence-electron chi connectivity index (χ4n) is 4.64. The third-order valence-corrected chi connectivity index (χ3v) is 6.56. The van der Waals surface area contributed by atoms with Crippen LogP contribution >= 0.6 is 0 Å². The van der Waals surface area contributed by atoms with Gasteiger partial charge in [0.1, 0.15) is 5.75 Å². The Hall–Kier alpha value is -4.05. The summed E-state index contributed by atoms with van der Waals surface area (Å²) in [6.45, 7) is 3.60. The monoisotopic (exact) mass is 475 g/mol. The van der Waals surface area contributed by atoms with E-state index < -0.39 is 5.78 Å². The number of carbonyl (C=O) groups excluding carboxylic acids is 3. The van der Waals surface area contributed by atoms with Gasteiger partial charge in [0.15, 0.2) is 5.69 Å². The van der Waals surface area contributed by atoms with E-state index in [4.69, 9.17) is 4.74 Å². The molecule has 10 nitrogen and oxygen atoms in total. The molecule has 2 aliphatic rings. The molecule has 2 aromatic carbocycles. The fourth-order valence-corrected chi connectivity index (χ4v) is 4.64. The van der Waals surface area contributed by atoms with E-state index in [1.54, 1.807) is 55.6 Å². The number of ether oxygens (including phenoxy) is 1. The number of piperazine rings is 1. The third kappa shape index (κ3) is 4.17. The largest absolute Gasteiger partial charge is 0.571 e. The molecule has 0 saturated carbocycles. The van der Waals surface area contributed by atoms with Crippen LogP contribution in [0.15, 0.2) is 48.5 Å². The van der Waals surface area contributed by atoms with Crippen molar-refractivity contribution in [1.29, 1.82) is 0 Å². The van der Waals surface area contributed by atoms with Gasteiger partial charge in [-0.15, -0.1) is 4.68 Å². The van der Waals surface area contributed by atoms with Gasteiger partial charge in [0.05, 0.1) is 13.7 Å². The maximum Gasteiger partial charge on any atom is 0.253 e. The Morgan fingerprint density at radius 3 is 2.29 bits per heavy atom. The van der Waals surface area contributed by atoms with Gasteiger partial charge in [-0.1, -0.05) is 24.3 Å². The Bertz CT molecular complexity index is 1290. The maximum absolute atomic E-state index is 13.0. The van der Waals surface area contributed by atoms with Crippen LogP contribution < -0.4 is 9.70 Å². The van der Waals surface area contributed by atoms with Crippen molar-refractivity contribution in [2.24, 2.45) is 0 Å². The lowest BCUT2D eigenvalue weighted by atomic mass is 9.90. The highest BCUT2D eigenvalue weighted by molar-refractivity contribution is 6.26. The number of hydrogen-bond donors (Lipinski definition) is 0. The summed E-state index contributed by atoms with van der Waals surface area (Å²) in [7, 11) is 1.59. The van der Waals surface area contributed by atoms with Crippen LogP contribution in [-0.4, -0.2) is 76.9 Å². The van der Waals surface area contributed by atoms with Gasteiger partial charge < -0.3 is 14.8 Å². The van der Waals surface area contributed by atoms with Gasteiger partial charge in [0.2, 0.25) is 17.3 Å². The topological polar surface area (TPSA) is 112 Å². The maximum atomic E-state index is 13.0. The van der Waals surface area contributed by atoms with E-state index in [0.717, 1.165) is 0 Å². The van der Waals surface area contributed by atoms with Crippen LogP contribution in [0.1, 0.15) is 48.9 Å². The Morgan fingerprint density at radius 1 is 0.971 bits per heavy atom. The molecule has 1 saturated heterocycles. The first-order chi connectivity index (χ1) is 17.0. The molecule has 35 heavy (non-hydrogen) atoms. The van der Waals surface area contributed by atoms with E-state index >= 15 is 0 Å². The number of fused-ring (bicyclic) bond motifs is 2. The van der Waals surface area contributed by atoms with E-state index in [1.165, 1.54) is 4.68 Å². The summed E-state index contributed by atoms with van der Waals surface area (Å²) in [5, 5.41) is 16.2. The molecule has 5 rings (SSSR count). The van der Waals surface area contributed by atoms with Crippen LogP contribution in [0.25, 0.3) is 0 Å². The van der Waals surface area contributed by atoms with Crippen LogP contribution in [-0.2, 0) is 6.54 Å². The molecule has 0 radical (unpaired) electrons. The number of rotatable bonds is 6. The van der Waals surface area contributed by atoms with E-state index in [9.17, 15) is 19.6 Å². The number of methoxy groups -OCH3 is 1. The first-order valence-electron chi connectivity index (χ1n) is 11.5. The van der Waals surface area contributed by atoms with Gasteiger partial charge >= 0.3 is 0 Å². The quantitative estimate of drug-likeness (QED) is 0.304. The third-order valence-electron chi connectivity index (χ3n) is 6.56. The van der Waals surface area contributed by atoms with Crippen molar-refractivity contribution in [2.45, 2.75) is 13.0 Å². The van der Waals surface area contributed by atoms with E-state index in [2.05, 4.69) is 10.00 Å². The lowest BCUT2D eigenvalue weighted by molar-refractivity contribution is -0.749. The average Bonchev–Trinajstić information content (AvgIpc) is 3.23. The number of hydrogen-bond acceptors (Lipinski definition) is 7. The van der Waals surface area contributed by atoms with Crippen molar-refractivity contribution in [3.05, 3.63) is 81.8 Å². The molecule has 0 N–H and O–H groups in total. The molecule has 3 aromatic rings. The second kappa shape index (κ2) is 9.30. The zero-order chi connectivity index (χ0) is 24.5. The second-order valence-corrected chi connectivity index (χ2v) is 8.59. The summed E-state index contributed by atoms with van der Waals surface area (Å²) in [6, 6.07) is 13.6. The molecular weight excluding hydrogens is 450 g/mol. The number of amides is 1. The smallest absolute Gasteiger partial charge is 0.253 e. The summed E-state index contributed by atoms with van der Waals surface area (Å²) < 4.78 is 6.39. The van der Waals surface area contributed by atoms with Crippen molar-refractivity contribution in [3.8, 4) is 5.75 Å². The normalized spacial score (nSPS) is 15.6. The molecule has 180 valence electrons. The van der Waals surface area contributed by atoms with Gasteiger partial charge in [0, 0.05) is 59.5 Å². The van der Waals surface area contributed by atoms with Crippen LogP contribution in [0.5, 0.6) is 5.75 Å². The zero-order valence-electron chi connectivity index (χ0n) is 19.3. The Labute approximate surface area is 201 Å². The zero-order valence-corrected chi connectivity index (χ0v) is 19.3. The predicted molar refractivity (Wildman–Crippen MR) is 124 cm³/mol. The van der Waals surface area contributed by atoms with Crippen LogP contribution in [0.4, 0.5) is 0 Å². The van der Waals surface area contributed by atoms with Crippen molar-refractivity contribution >= 4 is 17.5 Å². The highest BCUT2D eigenvalue weighted by Gasteiger charge is 2.39. The summed E-state index contributed by atoms with van der Waals surface area (Å²) in [6.07, 6.45) is 0.598. The Morgan fingerprint density at radius 2 is 1.63 bits per heavy atom. The minimum atomic E-state index is -0.406. The number of carbonyl (C=O) groups is 3. The van der Waals surface area contributed by atoms with Gasteiger partial charge in [-0.3, -0.25) is 19.3 Å². The lowest BCUT2D eigenvalue weighted by Gasteiger charge is -2.34. The summed E-state index contributed by atoms with van der Waals surface area (Å²) in [4.78, 5) is 42.9. The first kappa shape index (κ1) is 22.7. The number of benzene rings is 2. The minimum Gasteiger partial charge on any atom is -0.571 e. The average molecular weight is 476 g/mol. The lowest BCUT2D eigenvalue weighted by Crippen LogP contribution is -2.49. The molecule has 1 aliphatic carbocycles. The van der Waals surface area contributed by atoms with Crippen LogP contribution in [0.3, 0.4) is 0 Å².